The highest BCUT2D eigenvalue weighted by molar-refractivity contribution is 5.84. The monoisotopic (exact) mass is 531 g/mol. The number of nitrogens with one attached hydrogen (secondary N) is 1. The van der Waals surface area contributed by atoms with Gasteiger partial charge < -0.3 is 29.4 Å². The Hall–Kier alpha value is -2.65. The third-order valence-electron chi connectivity index (χ3n) is 8.33. The summed E-state index contributed by atoms with van der Waals surface area (Å²) in [6.45, 7) is 0.951. The van der Waals surface area contributed by atoms with Gasteiger partial charge in [-0.2, -0.15) is 0 Å². The van der Waals surface area contributed by atoms with Gasteiger partial charge in [0.05, 0.1) is 31.2 Å². The van der Waals surface area contributed by atoms with Crippen LogP contribution in [0.4, 0.5) is 4.79 Å². The van der Waals surface area contributed by atoms with Crippen LogP contribution < -0.4 is 10.1 Å². The number of carboxylic acid groups (broad SMARTS) is 1. The summed E-state index contributed by atoms with van der Waals surface area (Å²) in [4.78, 5) is 37.9. The Labute approximate surface area is 224 Å². The fourth-order valence-corrected chi connectivity index (χ4v) is 6.24. The van der Waals surface area contributed by atoms with Gasteiger partial charge in [0.15, 0.2) is 0 Å². The molecule has 1 amide bonds. The van der Waals surface area contributed by atoms with Gasteiger partial charge in [0.2, 0.25) is 5.91 Å². The van der Waals surface area contributed by atoms with Gasteiger partial charge >= 0.3 is 12.1 Å². The lowest BCUT2D eigenvalue weighted by molar-refractivity contribution is -0.144. The molecule has 3 aliphatic rings. The molecular formula is C29H41NO8. The second-order valence-electron chi connectivity index (χ2n) is 11.0. The summed E-state index contributed by atoms with van der Waals surface area (Å²) in [6, 6.07) is 5.83. The third kappa shape index (κ3) is 7.47. The van der Waals surface area contributed by atoms with Crippen molar-refractivity contribution in [1.29, 1.82) is 0 Å². The van der Waals surface area contributed by atoms with E-state index in [9.17, 15) is 14.4 Å². The van der Waals surface area contributed by atoms with Gasteiger partial charge in [0.25, 0.3) is 0 Å². The van der Waals surface area contributed by atoms with Gasteiger partial charge in [-0.25, -0.2) is 4.79 Å². The quantitative estimate of drug-likeness (QED) is 0.231. The average molecular weight is 532 g/mol. The molecule has 0 unspecified atom stereocenters. The Morgan fingerprint density at radius 1 is 1.03 bits per heavy atom. The maximum atomic E-state index is 13.7. The number of carbonyl (C=O) groups is 3. The zero-order valence-corrected chi connectivity index (χ0v) is 22.4. The number of amides is 1. The van der Waals surface area contributed by atoms with Crippen molar-refractivity contribution in [3.8, 4) is 5.75 Å². The van der Waals surface area contributed by atoms with E-state index in [1.165, 1.54) is 11.1 Å². The van der Waals surface area contributed by atoms with Gasteiger partial charge in [-0.1, -0.05) is 18.9 Å². The van der Waals surface area contributed by atoms with E-state index in [4.69, 9.17) is 24.1 Å². The summed E-state index contributed by atoms with van der Waals surface area (Å²) in [6.07, 6.45) is 7.80. The molecule has 9 nitrogen and oxygen atoms in total. The third-order valence-corrected chi connectivity index (χ3v) is 8.33. The first kappa shape index (κ1) is 28.4. The van der Waals surface area contributed by atoms with Crippen LogP contribution in [0.25, 0.3) is 0 Å². The fourth-order valence-electron chi connectivity index (χ4n) is 6.24. The fraction of sp³-hybridized carbons (Fsp3) is 0.690. The van der Waals surface area contributed by atoms with Crippen molar-refractivity contribution in [2.75, 3.05) is 26.9 Å². The maximum Gasteiger partial charge on any atom is 0.506 e. The van der Waals surface area contributed by atoms with Crippen molar-refractivity contribution in [2.24, 2.45) is 11.3 Å². The summed E-state index contributed by atoms with van der Waals surface area (Å²) >= 11 is 0. The van der Waals surface area contributed by atoms with Crippen molar-refractivity contribution in [2.45, 2.75) is 89.2 Å². The lowest BCUT2D eigenvalue weighted by atomic mass is 9.76. The van der Waals surface area contributed by atoms with Gasteiger partial charge in [-0.3, -0.25) is 9.59 Å². The van der Waals surface area contributed by atoms with E-state index in [1.54, 1.807) is 7.11 Å². The summed E-state index contributed by atoms with van der Waals surface area (Å²) in [5.74, 6) is -0.429. The molecule has 3 aliphatic carbocycles. The number of rotatable bonds is 12. The molecule has 0 aromatic heterocycles. The Morgan fingerprint density at radius 3 is 2.47 bits per heavy atom. The molecule has 0 heterocycles. The predicted octanol–water partition coefficient (Wildman–Crippen LogP) is 4.43. The molecule has 2 saturated carbocycles. The zero-order valence-electron chi connectivity index (χ0n) is 22.4. The lowest BCUT2D eigenvalue weighted by Crippen LogP contribution is -2.48. The molecule has 0 aliphatic heterocycles. The Bertz CT molecular complexity index is 965. The highest BCUT2D eigenvalue weighted by atomic mass is 16.7. The van der Waals surface area contributed by atoms with Gasteiger partial charge in [-0.05, 0) is 87.5 Å². The second-order valence-corrected chi connectivity index (χ2v) is 11.0. The minimum atomic E-state index is -1.26. The van der Waals surface area contributed by atoms with E-state index in [2.05, 4.69) is 5.32 Å². The number of hydrogen-bond acceptors (Lipinski definition) is 7. The van der Waals surface area contributed by atoms with Crippen LogP contribution in [0.15, 0.2) is 18.2 Å². The SMILES string of the molecule is COCCOC[C@H](CC1(C(=O)NC2CCC(OC(=O)O)CC2)CCCC1)C(=O)Oc1ccc2c(c1)CCC2. The van der Waals surface area contributed by atoms with Gasteiger partial charge in [-0.15, -0.1) is 0 Å². The van der Waals surface area contributed by atoms with Crippen LogP contribution >= 0.6 is 0 Å². The maximum absolute atomic E-state index is 13.7. The van der Waals surface area contributed by atoms with Crippen molar-refractivity contribution >= 4 is 18.0 Å². The van der Waals surface area contributed by atoms with Crippen molar-refractivity contribution in [3.05, 3.63) is 29.3 Å². The van der Waals surface area contributed by atoms with E-state index >= 15 is 0 Å². The Kier molecular flexibility index (Phi) is 10.0. The predicted molar refractivity (Wildman–Crippen MR) is 139 cm³/mol. The second kappa shape index (κ2) is 13.4. The number of hydrogen-bond donors (Lipinski definition) is 2. The molecule has 0 radical (unpaired) electrons. The first-order valence-electron chi connectivity index (χ1n) is 14.0. The average Bonchev–Trinajstić information content (AvgIpc) is 3.57. The smallest absolute Gasteiger partial charge is 0.450 e. The largest absolute Gasteiger partial charge is 0.506 e. The molecule has 0 bridgehead atoms. The van der Waals surface area contributed by atoms with Crippen LogP contribution in [0.1, 0.15) is 75.3 Å². The molecule has 2 fully saturated rings. The highest BCUT2D eigenvalue weighted by Crippen LogP contribution is 2.44. The van der Waals surface area contributed by atoms with Crippen LogP contribution in [0.5, 0.6) is 5.75 Å². The molecule has 9 heteroatoms. The summed E-state index contributed by atoms with van der Waals surface area (Å²) in [7, 11) is 1.60. The molecule has 1 atom stereocenters. The topological polar surface area (TPSA) is 120 Å². The zero-order chi connectivity index (χ0) is 27.0. The summed E-state index contributed by atoms with van der Waals surface area (Å²) in [5.41, 5.74) is 1.90. The van der Waals surface area contributed by atoms with Crippen molar-refractivity contribution in [3.63, 3.8) is 0 Å². The molecule has 1 aromatic rings. The van der Waals surface area contributed by atoms with E-state index in [-0.39, 0.29) is 30.6 Å². The molecule has 210 valence electrons. The minimum Gasteiger partial charge on any atom is -0.450 e. The summed E-state index contributed by atoms with van der Waals surface area (Å²) < 4.78 is 21.6. The normalized spacial score (nSPS) is 22.9. The van der Waals surface area contributed by atoms with Crippen molar-refractivity contribution < 1.29 is 38.4 Å². The van der Waals surface area contributed by atoms with Crippen LogP contribution in [-0.4, -0.2) is 62.2 Å². The minimum absolute atomic E-state index is 0.0233. The number of aryl methyl sites for hydroxylation is 2. The molecule has 0 spiro atoms. The molecule has 4 rings (SSSR count). The number of carbonyl (C=O) groups excluding carboxylic acids is 2. The number of benzene rings is 1. The number of ether oxygens (including phenoxy) is 4. The standard InChI is InChI=1S/C29H41NO8/c1-35-15-16-36-19-22(26(31)37-25-10-7-20-5-4-6-21(20)17-25)18-29(13-2-3-14-29)27(32)30-23-8-11-24(12-9-23)38-28(33)34/h7,10,17,22-24H,2-6,8-9,11-16,18-19H2,1H3,(H,30,32)(H,33,34)/t22-,23?,24?/m0/s1. The van der Waals surface area contributed by atoms with E-state index < -0.39 is 17.5 Å². The van der Waals surface area contributed by atoms with Gasteiger partial charge in [0, 0.05) is 13.2 Å². The summed E-state index contributed by atoms with van der Waals surface area (Å²) in [5, 5.41) is 12.1. The van der Waals surface area contributed by atoms with Gasteiger partial charge in [0.1, 0.15) is 11.9 Å². The van der Waals surface area contributed by atoms with Crippen LogP contribution in [0.2, 0.25) is 0 Å². The molecule has 38 heavy (non-hydrogen) atoms. The van der Waals surface area contributed by atoms with Crippen molar-refractivity contribution in [1.82, 2.24) is 5.32 Å². The van der Waals surface area contributed by atoms with E-state index in [1.807, 2.05) is 18.2 Å². The van der Waals surface area contributed by atoms with E-state index in [0.717, 1.165) is 44.9 Å². The van der Waals surface area contributed by atoms with Crippen LogP contribution in [-0.2, 0) is 36.6 Å². The first-order chi connectivity index (χ1) is 18.4. The Balaban J connectivity index is 1.41. The molecule has 0 saturated heterocycles. The molecular weight excluding hydrogens is 490 g/mol. The number of esters is 1. The van der Waals surface area contributed by atoms with E-state index in [0.29, 0.717) is 51.1 Å². The highest BCUT2D eigenvalue weighted by Gasteiger charge is 2.45. The molecule has 1 aromatic carbocycles. The lowest BCUT2D eigenvalue weighted by Gasteiger charge is -2.35. The number of methoxy groups -OCH3 is 1. The Morgan fingerprint density at radius 2 is 1.76 bits per heavy atom. The van der Waals surface area contributed by atoms with Crippen LogP contribution in [0.3, 0.4) is 0 Å². The molecule has 2 N–H and O–H groups in total. The van der Waals surface area contributed by atoms with Crippen LogP contribution in [0, 0.1) is 11.3 Å². The first-order valence-corrected chi connectivity index (χ1v) is 14.0. The number of fused-ring (bicyclic) bond motifs is 1.